The molecule has 4 nitrogen and oxygen atoms in total. The van der Waals surface area contributed by atoms with E-state index < -0.39 is 12.0 Å². The molecule has 0 amide bonds. The molecule has 0 aromatic heterocycles. The molecule has 1 atom stereocenters. The summed E-state index contributed by atoms with van der Waals surface area (Å²) >= 11 is 0. The molecule has 14 heavy (non-hydrogen) atoms. The van der Waals surface area contributed by atoms with Crippen LogP contribution in [0.1, 0.15) is 6.99 Å². The Labute approximate surface area is 106 Å². The molecular formula is C9H12NNaO3. The number of hydrogen-bond donors (Lipinski definition) is 3. The predicted molar refractivity (Wildman–Crippen MR) is 48.5 cm³/mol. The van der Waals surface area contributed by atoms with Crippen molar-refractivity contribution >= 4 is 5.97 Å². The van der Waals surface area contributed by atoms with Gasteiger partial charge in [0.1, 0.15) is 11.8 Å². The van der Waals surface area contributed by atoms with E-state index in [0.29, 0.717) is 0 Å². The normalized spacial score (nSPS) is 11.5. The van der Waals surface area contributed by atoms with E-state index in [0.717, 1.165) is 5.56 Å². The van der Waals surface area contributed by atoms with Gasteiger partial charge in [-0.1, -0.05) is 12.1 Å². The smallest absolute Gasteiger partial charge is 1.00 e. The van der Waals surface area contributed by atoms with Gasteiger partial charge in [-0.25, -0.2) is 0 Å². The summed E-state index contributed by atoms with van der Waals surface area (Å²) in [5, 5.41) is 17.5. The van der Waals surface area contributed by atoms with Gasteiger partial charge < -0.3 is 17.4 Å². The van der Waals surface area contributed by atoms with Gasteiger partial charge in [-0.3, -0.25) is 4.79 Å². The molecule has 0 saturated carbocycles. The number of rotatable bonds is 3. The third-order valence-corrected chi connectivity index (χ3v) is 1.71. The van der Waals surface area contributed by atoms with Gasteiger partial charge in [-0.05, 0) is 24.1 Å². The Bertz CT molecular complexity index is 305. The first-order valence-electron chi connectivity index (χ1n) is 3.86. The van der Waals surface area contributed by atoms with Crippen molar-refractivity contribution in [3.63, 3.8) is 0 Å². The van der Waals surface area contributed by atoms with E-state index in [1.165, 1.54) is 12.1 Å². The molecule has 72 valence electrons. The van der Waals surface area contributed by atoms with E-state index in [9.17, 15) is 4.79 Å². The first kappa shape index (κ1) is 13.4. The minimum absolute atomic E-state index is 0. The van der Waals surface area contributed by atoms with E-state index in [1.807, 2.05) is 0 Å². The Morgan fingerprint density at radius 2 is 1.93 bits per heavy atom. The Morgan fingerprint density at radius 3 is 2.36 bits per heavy atom. The van der Waals surface area contributed by atoms with Crippen molar-refractivity contribution in [2.75, 3.05) is 0 Å². The van der Waals surface area contributed by atoms with Gasteiger partial charge in [0.25, 0.3) is 0 Å². The first-order valence-corrected chi connectivity index (χ1v) is 3.86. The van der Waals surface area contributed by atoms with Crippen molar-refractivity contribution in [3.8, 4) is 5.75 Å². The van der Waals surface area contributed by atoms with E-state index in [2.05, 4.69) is 0 Å². The van der Waals surface area contributed by atoms with Crippen molar-refractivity contribution in [2.24, 2.45) is 5.73 Å². The molecule has 0 unspecified atom stereocenters. The molecule has 0 fully saturated rings. The number of carboxylic acids is 1. The monoisotopic (exact) mass is 205 g/mol. The molecule has 5 heteroatoms. The molecule has 0 bridgehead atoms. The van der Waals surface area contributed by atoms with Crippen LogP contribution < -0.4 is 35.3 Å². The summed E-state index contributed by atoms with van der Waals surface area (Å²) in [6.45, 7) is 0. The zero-order valence-electron chi connectivity index (χ0n) is 8.97. The van der Waals surface area contributed by atoms with Crippen molar-refractivity contribution in [3.05, 3.63) is 29.8 Å². The van der Waals surface area contributed by atoms with Crippen molar-refractivity contribution < 1.29 is 46.0 Å². The molecular weight excluding hydrogens is 193 g/mol. The van der Waals surface area contributed by atoms with E-state index in [4.69, 9.17) is 15.9 Å². The van der Waals surface area contributed by atoms with Gasteiger partial charge in [0.15, 0.2) is 0 Å². The molecule has 0 radical (unpaired) electrons. The molecule has 0 saturated heterocycles. The molecule has 1 rings (SSSR count). The Kier molecular flexibility index (Phi) is 5.79. The quantitative estimate of drug-likeness (QED) is 0.475. The molecule has 0 aliphatic rings. The van der Waals surface area contributed by atoms with Gasteiger partial charge in [0.05, 0.1) is 0 Å². The summed E-state index contributed by atoms with van der Waals surface area (Å²) in [5.41, 5.74) is 6.12. The fourth-order valence-electron chi connectivity index (χ4n) is 0.973. The van der Waals surface area contributed by atoms with Crippen molar-refractivity contribution in [1.82, 2.24) is 0 Å². The fraction of sp³-hybridized carbons (Fsp3) is 0.222. The number of aliphatic carboxylic acids is 1. The van der Waals surface area contributed by atoms with Crippen LogP contribution in [0.3, 0.4) is 0 Å². The van der Waals surface area contributed by atoms with Crippen LogP contribution in [-0.2, 0) is 11.2 Å². The number of phenols is 1. The third-order valence-electron chi connectivity index (χ3n) is 1.71. The topological polar surface area (TPSA) is 83.5 Å². The zero-order chi connectivity index (χ0) is 9.84. The molecule has 0 aliphatic heterocycles. The molecule has 1 aromatic carbocycles. The molecule has 0 aliphatic carbocycles. The third kappa shape index (κ3) is 4.11. The Balaban J connectivity index is 0. The largest absolute Gasteiger partial charge is 1.00 e. The predicted octanol–water partition coefficient (Wildman–Crippen LogP) is -2.54. The van der Waals surface area contributed by atoms with Crippen molar-refractivity contribution in [1.29, 1.82) is 0 Å². The van der Waals surface area contributed by atoms with Crippen LogP contribution in [0.4, 0.5) is 0 Å². The summed E-state index contributed by atoms with van der Waals surface area (Å²) < 4.78 is 0. The van der Waals surface area contributed by atoms with E-state index in [1.54, 1.807) is 12.1 Å². The van der Waals surface area contributed by atoms with E-state index in [-0.39, 0.29) is 43.2 Å². The van der Waals surface area contributed by atoms with Crippen LogP contribution in [-0.4, -0.2) is 22.2 Å². The number of aromatic hydroxyl groups is 1. The molecule has 0 heterocycles. The number of phenolic OH excluding ortho intramolecular Hbond substituents is 1. The SMILES string of the molecule is N[C@@H](Cc1ccc(O)cc1)C(=O)O.[H-].[Na+]. The number of carboxylic acid groups (broad SMARTS) is 1. The standard InChI is InChI=1S/C9H11NO3.Na.H/c10-8(9(12)13)5-6-1-3-7(11)4-2-6;;/h1-4,8,11H,5,10H2,(H,12,13);;/q;+1;-1/t8-;;/m0../s1. The van der Waals surface area contributed by atoms with E-state index >= 15 is 0 Å². The second kappa shape index (κ2) is 6.03. The summed E-state index contributed by atoms with van der Waals surface area (Å²) in [6.07, 6.45) is 0.273. The van der Waals surface area contributed by atoms with Gasteiger partial charge in [-0.15, -0.1) is 0 Å². The second-order valence-electron chi connectivity index (χ2n) is 2.82. The maximum absolute atomic E-state index is 10.4. The van der Waals surface area contributed by atoms with Crippen LogP contribution in [0.5, 0.6) is 5.75 Å². The number of carbonyl (C=O) groups is 1. The molecule has 0 spiro atoms. The number of nitrogens with two attached hydrogens (primary N) is 1. The number of benzene rings is 1. The minimum atomic E-state index is -1.02. The summed E-state index contributed by atoms with van der Waals surface area (Å²) in [6, 6.07) is 5.42. The summed E-state index contributed by atoms with van der Waals surface area (Å²) in [5.74, 6) is -0.860. The summed E-state index contributed by atoms with van der Waals surface area (Å²) in [7, 11) is 0. The average Bonchev–Trinajstić information content (AvgIpc) is 2.08. The van der Waals surface area contributed by atoms with Crippen molar-refractivity contribution in [2.45, 2.75) is 12.5 Å². The van der Waals surface area contributed by atoms with Gasteiger partial charge in [0, 0.05) is 0 Å². The maximum Gasteiger partial charge on any atom is 1.00 e. The minimum Gasteiger partial charge on any atom is -1.00 e. The van der Waals surface area contributed by atoms with Crippen LogP contribution in [0.25, 0.3) is 0 Å². The first-order chi connectivity index (χ1) is 6.09. The Morgan fingerprint density at radius 1 is 1.43 bits per heavy atom. The molecule has 4 N–H and O–H groups in total. The zero-order valence-corrected chi connectivity index (χ0v) is 9.97. The maximum atomic E-state index is 10.4. The van der Waals surface area contributed by atoms with Crippen LogP contribution >= 0.6 is 0 Å². The van der Waals surface area contributed by atoms with Gasteiger partial charge in [-0.2, -0.15) is 0 Å². The number of hydrogen-bond acceptors (Lipinski definition) is 3. The summed E-state index contributed by atoms with van der Waals surface area (Å²) in [4.78, 5) is 10.4. The molecule has 1 aromatic rings. The Hall–Kier alpha value is -0.550. The van der Waals surface area contributed by atoms with Gasteiger partial charge in [0.2, 0.25) is 0 Å². The van der Waals surface area contributed by atoms with Crippen LogP contribution in [0.2, 0.25) is 0 Å². The average molecular weight is 205 g/mol. The van der Waals surface area contributed by atoms with Crippen LogP contribution in [0, 0.1) is 0 Å². The second-order valence-corrected chi connectivity index (χ2v) is 2.82. The van der Waals surface area contributed by atoms with Crippen LogP contribution in [0.15, 0.2) is 24.3 Å². The van der Waals surface area contributed by atoms with Gasteiger partial charge >= 0.3 is 35.5 Å². The fourth-order valence-corrected chi connectivity index (χ4v) is 0.973.